The molecule has 144 valence electrons. The van der Waals surface area contributed by atoms with Crippen LogP contribution >= 0.6 is 11.3 Å². The van der Waals surface area contributed by atoms with Crippen LogP contribution in [-0.2, 0) is 0 Å². The van der Waals surface area contributed by atoms with Gasteiger partial charge in [0.05, 0.1) is 23.3 Å². The molecule has 10 heteroatoms. The molecule has 0 bridgehead atoms. The first-order valence-electron chi connectivity index (χ1n) is 8.00. The number of ether oxygens (including phenoxy) is 1. The predicted octanol–water partition coefficient (Wildman–Crippen LogP) is 4.16. The van der Waals surface area contributed by atoms with Crippen molar-refractivity contribution in [1.82, 2.24) is 4.98 Å². The van der Waals surface area contributed by atoms with Crippen molar-refractivity contribution in [3.8, 4) is 17.0 Å². The van der Waals surface area contributed by atoms with E-state index in [1.807, 2.05) is 0 Å². The number of thiazole rings is 1. The molecule has 0 aliphatic carbocycles. The molecule has 0 saturated heterocycles. The largest absolute Gasteiger partial charge is 0.494 e. The monoisotopic (exact) mass is 402 g/mol. The van der Waals surface area contributed by atoms with E-state index in [9.17, 15) is 19.3 Å². The van der Waals surface area contributed by atoms with Gasteiger partial charge in [0.1, 0.15) is 0 Å². The lowest BCUT2D eigenvalue weighted by Crippen LogP contribution is -2.14. The van der Waals surface area contributed by atoms with Crippen molar-refractivity contribution in [3.05, 3.63) is 63.3 Å². The summed E-state index contributed by atoms with van der Waals surface area (Å²) in [7, 11) is 2.99. The maximum Gasteiger partial charge on any atom is 0.270 e. The third kappa shape index (κ3) is 3.91. The molecule has 0 unspecified atom stereocenters. The van der Waals surface area contributed by atoms with E-state index >= 15 is 0 Å². The number of nitrogens with zero attached hydrogens (tertiary/aromatic N) is 2. The van der Waals surface area contributed by atoms with Gasteiger partial charge in [-0.2, -0.15) is 0 Å². The lowest BCUT2D eigenvalue weighted by Gasteiger charge is -2.08. The van der Waals surface area contributed by atoms with Crippen molar-refractivity contribution in [2.24, 2.45) is 0 Å². The second kappa shape index (κ2) is 8.01. The minimum atomic E-state index is -0.573. The van der Waals surface area contributed by atoms with Gasteiger partial charge in [0.2, 0.25) is 0 Å². The molecule has 2 N–H and O–H groups in total. The Balaban J connectivity index is 1.84. The van der Waals surface area contributed by atoms with E-state index in [4.69, 9.17) is 4.74 Å². The molecule has 0 aliphatic rings. The molecule has 0 radical (unpaired) electrons. The fraction of sp³-hybridized carbons (Fsp3) is 0.111. The molecular weight excluding hydrogens is 387 g/mol. The number of amides is 1. The van der Waals surface area contributed by atoms with Crippen LogP contribution in [0.1, 0.15) is 10.4 Å². The maximum absolute atomic E-state index is 13.9. The van der Waals surface area contributed by atoms with Crippen LogP contribution in [0.15, 0.2) is 41.8 Å². The molecule has 0 aliphatic heterocycles. The molecule has 0 spiro atoms. The van der Waals surface area contributed by atoms with Crippen LogP contribution in [0.5, 0.6) is 5.75 Å². The van der Waals surface area contributed by atoms with Crippen molar-refractivity contribution in [3.63, 3.8) is 0 Å². The van der Waals surface area contributed by atoms with Gasteiger partial charge in [0.25, 0.3) is 11.6 Å². The SMILES string of the molecule is CNc1ccc([N+](=O)[O-])cc1C(=O)Nc1nc(-c2ccc(OC)c(F)c2)cs1. The number of anilines is 2. The first kappa shape index (κ1) is 19.2. The summed E-state index contributed by atoms with van der Waals surface area (Å²) in [5.41, 5.74) is 1.37. The maximum atomic E-state index is 13.9. The third-order valence-electron chi connectivity index (χ3n) is 3.90. The molecule has 8 nitrogen and oxygen atoms in total. The summed E-state index contributed by atoms with van der Waals surface area (Å²) in [4.78, 5) is 27.2. The molecule has 28 heavy (non-hydrogen) atoms. The Kier molecular flexibility index (Phi) is 5.50. The van der Waals surface area contributed by atoms with Gasteiger partial charge in [-0.3, -0.25) is 20.2 Å². The van der Waals surface area contributed by atoms with Gasteiger partial charge < -0.3 is 10.1 Å². The van der Waals surface area contributed by atoms with Crippen LogP contribution in [0.3, 0.4) is 0 Å². The number of methoxy groups -OCH3 is 1. The molecule has 0 fully saturated rings. The molecule has 3 rings (SSSR count). The number of carbonyl (C=O) groups is 1. The molecule has 1 aromatic heterocycles. The molecule has 3 aromatic rings. The Bertz CT molecular complexity index is 1050. The Morgan fingerprint density at radius 2 is 2.07 bits per heavy atom. The Morgan fingerprint density at radius 3 is 2.71 bits per heavy atom. The lowest BCUT2D eigenvalue weighted by molar-refractivity contribution is -0.384. The zero-order valence-electron chi connectivity index (χ0n) is 14.9. The average molecular weight is 402 g/mol. The van der Waals surface area contributed by atoms with Gasteiger partial charge in [0.15, 0.2) is 16.7 Å². The highest BCUT2D eigenvalue weighted by molar-refractivity contribution is 7.14. The fourth-order valence-corrected chi connectivity index (χ4v) is 3.22. The first-order valence-corrected chi connectivity index (χ1v) is 8.88. The predicted molar refractivity (Wildman–Crippen MR) is 105 cm³/mol. The van der Waals surface area contributed by atoms with Crippen LogP contribution < -0.4 is 15.4 Å². The Labute approximate surface area is 163 Å². The fourth-order valence-electron chi connectivity index (χ4n) is 2.51. The Hall–Kier alpha value is -3.53. The summed E-state index contributed by atoms with van der Waals surface area (Å²) in [6.07, 6.45) is 0. The van der Waals surface area contributed by atoms with Crippen LogP contribution in [0.4, 0.5) is 20.9 Å². The second-order valence-electron chi connectivity index (χ2n) is 5.58. The first-order chi connectivity index (χ1) is 13.4. The number of nitrogens with one attached hydrogen (secondary N) is 2. The summed E-state index contributed by atoms with van der Waals surface area (Å²) < 4.78 is 18.8. The van der Waals surface area contributed by atoms with Crippen molar-refractivity contribution in [2.75, 3.05) is 24.8 Å². The van der Waals surface area contributed by atoms with E-state index in [2.05, 4.69) is 15.6 Å². The number of hydrogen-bond donors (Lipinski definition) is 2. The molecule has 0 saturated carbocycles. The van der Waals surface area contributed by atoms with E-state index in [0.29, 0.717) is 16.9 Å². The quantitative estimate of drug-likeness (QED) is 0.474. The van der Waals surface area contributed by atoms with Crippen molar-refractivity contribution >= 4 is 33.8 Å². The number of hydrogen-bond acceptors (Lipinski definition) is 7. The van der Waals surface area contributed by atoms with Gasteiger partial charge >= 0.3 is 0 Å². The number of halogens is 1. The van der Waals surface area contributed by atoms with Crippen LogP contribution in [0.2, 0.25) is 0 Å². The molecule has 1 heterocycles. The van der Waals surface area contributed by atoms with Crippen molar-refractivity contribution < 1.29 is 18.8 Å². The third-order valence-corrected chi connectivity index (χ3v) is 4.66. The smallest absolute Gasteiger partial charge is 0.270 e. The van der Waals surface area contributed by atoms with E-state index in [1.54, 1.807) is 18.5 Å². The topological polar surface area (TPSA) is 106 Å². The van der Waals surface area contributed by atoms with Gasteiger partial charge in [-0.15, -0.1) is 11.3 Å². The van der Waals surface area contributed by atoms with E-state index in [1.165, 1.54) is 37.4 Å². The molecule has 0 atom stereocenters. The Morgan fingerprint density at radius 1 is 1.29 bits per heavy atom. The summed E-state index contributed by atoms with van der Waals surface area (Å²) in [5.74, 6) is -0.943. The number of carbonyl (C=O) groups excluding carboxylic acids is 1. The zero-order valence-corrected chi connectivity index (χ0v) is 15.7. The minimum Gasteiger partial charge on any atom is -0.494 e. The van der Waals surface area contributed by atoms with Crippen LogP contribution in [-0.4, -0.2) is 30.0 Å². The minimum absolute atomic E-state index is 0.115. The highest BCUT2D eigenvalue weighted by Crippen LogP contribution is 2.29. The van der Waals surface area contributed by atoms with E-state index in [0.717, 1.165) is 11.3 Å². The van der Waals surface area contributed by atoms with Gasteiger partial charge in [0, 0.05) is 35.8 Å². The number of benzene rings is 2. The number of aromatic nitrogens is 1. The normalized spacial score (nSPS) is 10.4. The molecule has 2 aromatic carbocycles. The second-order valence-corrected chi connectivity index (χ2v) is 6.44. The number of nitro groups is 1. The average Bonchev–Trinajstić information content (AvgIpc) is 3.15. The van der Waals surface area contributed by atoms with Gasteiger partial charge in [-0.05, 0) is 24.3 Å². The highest BCUT2D eigenvalue weighted by atomic mass is 32.1. The standard InChI is InChI=1S/C18H15FN4O4S/c1-20-14-5-4-11(23(25)26)8-12(14)17(24)22-18-21-15(9-28-18)10-3-6-16(27-2)13(19)7-10/h3-9,20H,1-2H3,(H,21,22,24). The summed E-state index contributed by atoms with van der Waals surface area (Å²) in [6, 6.07) is 8.39. The number of nitro benzene ring substituents is 1. The van der Waals surface area contributed by atoms with Crippen molar-refractivity contribution in [1.29, 1.82) is 0 Å². The van der Waals surface area contributed by atoms with Gasteiger partial charge in [-0.1, -0.05) is 0 Å². The number of non-ortho nitro benzene ring substituents is 1. The van der Waals surface area contributed by atoms with E-state index < -0.39 is 16.6 Å². The van der Waals surface area contributed by atoms with E-state index in [-0.39, 0.29) is 22.1 Å². The van der Waals surface area contributed by atoms with Crippen molar-refractivity contribution in [2.45, 2.75) is 0 Å². The summed E-state index contributed by atoms with van der Waals surface area (Å²) in [5, 5.41) is 18.4. The summed E-state index contributed by atoms with van der Waals surface area (Å²) >= 11 is 1.16. The van der Waals surface area contributed by atoms with Crippen LogP contribution in [0.25, 0.3) is 11.3 Å². The number of rotatable bonds is 6. The van der Waals surface area contributed by atoms with Gasteiger partial charge in [-0.25, -0.2) is 9.37 Å². The summed E-state index contributed by atoms with van der Waals surface area (Å²) in [6.45, 7) is 0. The lowest BCUT2D eigenvalue weighted by atomic mass is 10.1. The zero-order chi connectivity index (χ0) is 20.3. The molecular formula is C18H15FN4O4S. The highest BCUT2D eigenvalue weighted by Gasteiger charge is 2.18. The van der Waals surface area contributed by atoms with Crippen LogP contribution in [0, 0.1) is 15.9 Å². The molecule has 1 amide bonds.